The van der Waals surface area contributed by atoms with Crippen LogP contribution in [0.5, 0.6) is 0 Å². The molecule has 0 aromatic rings. The Bertz CT molecular complexity index is 256. The lowest BCUT2D eigenvalue weighted by molar-refractivity contribution is -0.319. The van der Waals surface area contributed by atoms with Crippen molar-refractivity contribution in [2.24, 2.45) is 5.41 Å². The average molecular weight is 265 g/mol. The first-order valence-electron chi connectivity index (χ1n) is 4.90. The van der Waals surface area contributed by atoms with Gasteiger partial charge >= 0.3 is 12.4 Å². The second-order valence-corrected chi connectivity index (χ2v) is 3.73. The molecular weight excluding hydrogens is 252 g/mol. The highest BCUT2D eigenvalue weighted by atomic mass is 19.4. The number of rotatable bonds is 4. The standard InChI is InChI=1S/C9H13F6NO/c1-3-4-5-16-6(17)7(2,8(10,11)12)9(13,14)15/h3-5H2,1-2H3,(H,16,17). The molecule has 0 aromatic heterocycles. The average Bonchev–Trinajstić information content (AvgIpc) is 2.13. The molecule has 0 aromatic carbocycles. The first kappa shape index (κ1) is 16.1. The minimum atomic E-state index is -5.68. The van der Waals surface area contributed by atoms with Crippen LogP contribution in [0.15, 0.2) is 0 Å². The van der Waals surface area contributed by atoms with Crippen molar-refractivity contribution in [1.29, 1.82) is 0 Å². The molecule has 0 saturated heterocycles. The number of amides is 1. The van der Waals surface area contributed by atoms with Gasteiger partial charge < -0.3 is 5.32 Å². The number of hydrogen-bond acceptors (Lipinski definition) is 1. The summed E-state index contributed by atoms with van der Waals surface area (Å²) in [6, 6.07) is 0. The fourth-order valence-corrected chi connectivity index (χ4v) is 0.974. The Balaban J connectivity index is 5.03. The monoisotopic (exact) mass is 265 g/mol. The van der Waals surface area contributed by atoms with E-state index in [1.165, 1.54) is 0 Å². The normalized spacial score (nSPS) is 13.6. The van der Waals surface area contributed by atoms with Crippen LogP contribution in [0.1, 0.15) is 26.7 Å². The van der Waals surface area contributed by atoms with Gasteiger partial charge in [-0.2, -0.15) is 26.3 Å². The molecule has 0 aliphatic carbocycles. The molecule has 0 heterocycles. The van der Waals surface area contributed by atoms with Gasteiger partial charge in [-0.25, -0.2) is 0 Å². The topological polar surface area (TPSA) is 29.1 Å². The zero-order valence-corrected chi connectivity index (χ0v) is 9.30. The Morgan fingerprint density at radius 3 is 1.76 bits per heavy atom. The minimum Gasteiger partial charge on any atom is -0.355 e. The number of unbranched alkanes of at least 4 members (excludes halogenated alkanes) is 1. The van der Waals surface area contributed by atoms with Crippen LogP contribution in [0.4, 0.5) is 26.3 Å². The highest BCUT2D eigenvalue weighted by Gasteiger charge is 2.72. The van der Waals surface area contributed by atoms with Gasteiger partial charge in [-0.3, -0.25) is 4.79 Å². The van der Waals surface area contributed by atoms with E-state index in [9.17, 15) is 31.1 Å². The predicted octanol–water partition coefficient (Wildman–Crippen LogP) is 3.03. The molecule has 1 N–H and O–H groups in total. The molecule has 17 heavy (non-hydrogen) atoms. The maximum atomic E-state index is 12.4. The second-order valence-electron chi connectivity index (χ2n) is 3.73. The summed E-state index contributed by atoms with van der Waals surface area (Å²) in [6.45, 7) is 1.32. The van der Waals surface area contributed by atoms with Gasteiger partial charge in [0.25, 0.3) is 0 Å². The zero-order chi connectivity index (χ0) is 13.9. The number of alkyl halides is 6. The molecule has 8 heteroatoms. The Hall–Kier alpha value is -0.950. The van der Waals surface area contributed by atoms with Crippen LogP contribution in [0.25, 0.3) is 0 Å². The van der Waals surface area contributed by atoms with E-state index in [1.54, 1.807) is 12.2 Å². The van der Waals surface area contributed by atoms with Crippen LogP contribution in [-0.4, -0.2) is 24.8 Å². The van der Waals surface area contributed by atoms with E-state index < -0.39 is 23.7 Å². The van der Waals surface area contributed by atoms with E-state index in [-0.39, 0.29) is 13.5 Å². The lowest BCUT2D eigenvalue weighted by atomic mass is 9.87. The molecule has 0 fully saturated rings. The van der Waals surface area contributed by atoms with Gasteiger partial charge in [-0.05, 0) is 13.3 Å². The van der Waals surface area contributed by atoms with Crippen LogP contribution >= 0.6 is 0 Å². The third-order valence-corrected chi connectivity index (χ3v) is 2.40. The number of nitrogens with one attached hydrogen (secondary N) is 1. The van der Waals surface area contributed by atoms with Crippen molar-refractivity contribution in [3.63, 3.8) is 0 Å². The van der Waals surface area contributed by atoms with Crippen LogP contribution in [0.3, 0.4) is 0 Å². The third-order valence-electron chi connectivity index (χ3n) is 2.40. The van der Waals surface area contributed by atoms with Crippen LogP contribution in [0, 0.1) is 5.41 Å². The zero-order valence-electron chi connectivity index (χ0n) is 9.30. The molecule has 0 bridgehead atoms. The number of halogens is 6. The molecule has 0 rings (SSSR count). The number of carbonyl (C=O) groups is 1. The first-order valence-corrected chi connectivity index (χ1v) is 4.90. The van der Waals surface area contributed by atoms with Crippen molar-refractivity contribution in [1.82, 2.24) is 5.32 Å². The lowest BCUT2D eigenvalue weighted by Crippen LogP contribution is -2.57. The molecule has 102 valence electrons. The molecule has 0 aliphatic rings. The summed E-state index contributed by atoms with van der Waals surface area (Å²) >= 11 is 0. The molecule has 0 saturated carbocycles. The number of carbonyl (C=O) groups excluding carboxylic acids is 1. The molecule has 1 amide bonds. The molecular formula is C9H13F6NO. The summed E-state index contributed by atoms with van der Waals surface area (Å²) in [4.78, 5) is 11.1. The van der Waals surface area contributed by atoms with E-state index in [0.717, 1.165) is 0 Å². The second kappa shape index (κ2) is 5.14. The third kappa shape index (κ3) is 3.26. The van der Waals surface area contributed by atoms with Gasteiger partial charge in [0.1, 0.15) is 0 Å². The van der Waals surface area contributed by atoms with E-state index in [0.29, 0.717) is 12.8 Å². The van der Waals surface area contributed by atoms with Gasteiger partial charge in [0.15, 0.2) is 0 Å². The quantitative estimate of drug-likeness (QED) is 0.614. The maximum absolute atomic E-state index is 12.4. The van der Waals surface area contributed by atoms with Gasteiger partial charge in [0.2, 0.25) is 11.3 Å². The van der Waals surface area contributed by atoms with Gasteiger partial charge in [0.05, 0.1) is 0 Å². The van der Waals surface area contributed by atoms with Crippen molar-refractivity contribution in [2.75, 3.05) is 6.54 Å². The predicted molar refractivity (Wildman–Crippen MR) is 48.1 cm³/mol. The Morgan fingerprint density at radius 1 is 1.06 bits per heavy atom. The van der Waals surface area contributed by atoms with Crippen molar-refractivity contribution < 1.29 is 31.1 Å². The van der Waals surface area contributed by atoms with E-state index >= 15 is 0 Å². The number of hydrogen-bond donors (Lipinski definition) is 1. The van der Waals surface area contributed by atoms with Gasteiger partial charge in [0, 0.05) is 6.54 Å². The van der Waals surface area contributed by atoms with Crippen molar-refractivity contribution >= 4 is 5.91 Å². The van der Waals surface area contributed by atoms with E-state index in [2.05, 4.69) is 0 Å². The summed E-state index contributed by atoms with van der Waals surface area (Å²) < 4.78 is 74.3. The highest BCUT2D eigenvalue weighted by molar-refractivity contribution is 5.84. The van der Waals surface area contributed by atoms with E-state index in [1.807, 2.05) is 0 Å². The molecule has 0 radical (unpaired) electrons. The molecule has 0 aliphatic heterocycles. The fraction of sp³-hybridized carbons (Fsp3) is 0.889. The van der Waals surface area contributed by atoms with Crippen LogP contribution in [0.2, 0.25) is 0 Å². The Morgan fingerprint density at radius 2 is 1.47 bits per heavy atom. The van der Waals surface area contributed by atoms with Gasteiger partial charge in [-0.15, -0.1) is 0 Å². The molecule has 0 unspecified atom stereocenters. The van der Waals surface area contributed by atoms with Crippen LogP contribution in [-0.2, 0) is 4.79 Å². The summed E-state index contributed by atoms with van der Waals surface area (Å²) in [5.41, 5.74) is -4.37. The van der Waals surface area contributed by atoms with Gasteiger partial charge in [-0.1, -0.05) is 13.3 Å². The minimum absolute atomic E-state index is 0.158. The first-order chi connectivity index (χ1) is 7.48. The molecule has 0 spiro atoms. The summed E-state index contributed by atoms with van der Waals surface area (Å²) in [5, 5.41) is 1.66. The Kier molecular flexibility index (Phi) is 4.85. The summed E-state index contributed by atoms with van der Waals surface area (Å²) in [5.74, 6) is -2.06. The largest absolute Gasteiger partial charge is 0.411 e. The molecule has 2 nitrogen and oxygen atoms in total. The van der Waals surface area contributed by atoms with Crippen molar-refractivity contribution in [2.45, 2.75) is 39.0 Å². The van der Waals surface area contributed by atoms with E-state index in [4.69, 9.17) is 0 Å². The molecule has 0 atom stereocenters. The smallest absolute Gasteiger partial charge is 0.355 e. The highest BCUT2D eigenvalue weighted by Crippen LogP contribution is 2.50. The van der Waals surface area contributed by atoms with Crippen molar-refractivity contribution in [3.05, 3.63) is 0 Å². The fourth-order valence-electron chi connectivity index (χ4n) is 0.974. The van der Waals surface area contributed by atoms with Crippen molar-refractivity contribution in [3.8, 4) is 0 Å². The summed E-state index contributed by atoms with van der Waals surface area (Å²) in [7, 11) is 0. The maximum Gasteiger partial charge on any atom is 0.411 e. The SMILES string of the molecule is CCCCNC(=O)C(C)(C(F)(F)F)C(F)(F)F. The Labute approximate surface area is 94.4 Å². The lowest BCUT2D eigenvalue weighted by Gasteiger charge is -2.32. The summed E-state index contributed by atoms with van der Waals surface area (Å²) in [6.07, 6.45) is -10.5. The van der Waals surface area contributed by atoms with Crippen LogP contribution < -0.4 is 5.32 Å².